The summed E-state index contributed by atoms with van der Waals surface area (Å²) >= 11 is 0. The lowest BCUT2D eigenvalue weighted by atomic mass is 9.61. The lowest BCUT2D eigenvalue weighted by molar-refractivity contribution is -0.145. The van der Waals surface area contributed by atoms with Crippen LogP contribution in [0, 0.1) is 17.3 Å². The van der Waals surface area contributed by atoms with Gasteiger partial charge in [0.1, 0.15) is 6.10 Å². The van der Waals surface area contributed by atoms with Crippen molar-refractivity contribution in [1.82, 2.24) is 0 Å². The SMILES string of the molecule is CC1CCC[C@]2(C)C1C(=O)O[C@H]2c1ccoc1. The summed E-state index contributed by atoms with van der Waals surface area (Å²) in [6.45, 7) is 4.36. The first kappa shape index (κ1) is 10.9. The van der Waals surface area contributed by atoms with Gasteiger partial charge in [0.05, 0.1) is 18.4 Å². The molecular weight excluding hydrogens is 216 g/mol. The van der Waals surface area contributed by atoms with E-state index in [-0.39, 0.29) is 23.4 Å². The number of hydrogen-bond donors (Lipinski definition) is 0. The summed E-state index contributed by atoms with van der Waals surface area (Å²) in [7, 11) is 0. The first-order chi connectivity index (χ1) is 8.13. The van der Waals surface area contributed by atoms with Gasteiger partial charge in [-0.15, -0.1) is 0 Å². The van der Waals surface area contributed by atoms with Crippen LogP contribution in [-0.4, -0.2) is 5.97 Å². The molecule has 1 saturated carbocycles. The predicted octanol–water partition coefficient (Wildman–Crippen LogP) is 3.32. The summed E-state index contributed by atoms with van der Waals surface area (Å²) in [4.78, 5) is 12.1. The van der Waals surface area contributed by atoms with E-state index in [4.69, 9.17) is 9.15 Å². The van der Waals surface area contributed by atoms with Crippen molar-refractivity contribution in [2.45, 2.75) is 39.2 Å². The third-order valence-electron chi connectivity index (χ3n) is 4.59. The number of cyclic esters (lactones) is 1. The summed E-state index contributed by atoms with van der Waals surface area (Å²) in [6.07, 6.45) is 6.59. The van der Waals surface area contributed by atoms with Gasteiger partial charge >= 0.3 is 5.97 Å². The number of carbonyl (C=O) groups excluding carboxylic acids is 1. The molecule has 2 aliphatic rings. The average molecular weight is 234 g/mol. The first-order valence-corrected chi connectivity index (χ1v) is 6.35. The van der Waals surface area contributed by atoms with Crippen LogP contribution in [0.1, 0.15) is 44.8 Å². The van der Waals surface area contributed by atoms with Gasteiger partial charge < -0.3 is 9.15 Å². The smallest absolute Gasteiger partial charge is 0.310 e. The van der Waals surface area contributed by atoms with Gasteiger partial charge in [0.25, 0.3) is 0 Å². The highest BCUT2D eigenvalue weighted by molar-refractivity contribution is 5.77. The molecule has 2 unspecified atom stereocenters. The van der Waals surface area contributed by atoms with E-state index < -0.39 is 0 Å². The first-order valence-electron chi connectivity index (χ1n) is 6.35. The predicted molar refractivity (Wildman–Crippen MR) is 62.2 cm³/mol. The lowest BCUT2D eigenvalue weighted by Crippen LogP contribution is -2.37. The zero-order valence-corrected chi connectivity index (χ0v) is 10.3. The minimum Gasteiger partial charge on any atom is -0.472 e. The fourth-order valence-corrected chi connectivity index (χ4v) is 3.77. The molecule has 1 aromatic rings. The average Bonchev–Trinajstić information content (AvgIpc) is 2.85. The molecule has 4 atom stereocenters. The van der Waals surface area contributed by atoms with Crippen LogP contribution in [0.15, 0.2) is 23.0 Å². The fraction of sp³-hybridized carbons (Fsp3) is 0.643. The van der Waals surface area contributed by atoms with E-state index >= 15 is 0 Å². The Hall–Kier alpha value is -1.25. The van der Waals surface area contributed by atoms with Gasteiger partial charge in [-0.25, -0.2) is 0 Å². The molecule has 0 radical (unpaired) electrons. The highest BCUT2D eigenvalue weighted by Gasteiger charge is 2.57. The van der Waals surface area contributed by atoms with Gasteiger partial charge in [0.15, 0.2) is 0 Å². The monoisotopic (exact) mass is 234 g/mol. The fourth-order valence-electron chi connectivity index (χ4n) is 3.77. The Balaban J connectivity index is 2.00. The number of carbonyl (C=O) groups is 1. The van der Waals surface area contributed by atoms with Crippen LogP contribution in [0.3, 0.4) is 0 Å². The molecule has 2 fully saturated rings. The number of hydrogen-bond acceptors (Lipinski definition) is 3. The lowest BCUT2D eigenvalue weighted by Gasteiger charge is -2.39. The summed E-state index contributed by atoms with van der Waals surface area (Å²) in [5.74, 6) is 0.459. The van der Waals surface area contributed by atoms with Crippen molar-refractivity contribution >= 4 is 5.97 Å². The Labute approximate surface area is 101 Å². The molecule has 3 heteroatoms. The summed E-state index contributed by atoms with van der Waals surface area (Å²) < 4.78 is 10.7. The molecule has 17 heavy (non-hydrogen) atoms. The number of rotatable bonds is 1. The van der Waals surface area contributed by atoms with Crippen LogP contribution in [0.5, 0.6) is 0 Å². The molecule has 3 rings (SSSR count). The van der Waals surface area contributed by atoms with Crippen molar-refractivity contribution in [3.05, 3.63) is 24.2 Å². The maximum Gasteiger partial charge on any atom is 0.310 e. The molecular formula is C14H18O3. The highest BCUT2D eigenvalue weighted by atomic mass is 16.6. The van der Waals surface area contributed by atoms with Crippen LogP contribution in [-0.2, 0) is 9.53 Å². The molecule has 1 aliphatic carbocycles. The molecule has 1 saturated heterocycles. The largest absolute Gasteiger partial charge is 0.472 e. The molecule has 0 N–H and O–H groups in total. The van der Waals surface area contributed by atoms with E-state index in [0.717, 1.165) is 18.4 Å². The summed E-state index contributed by atoms with van der Waals surface area (Å²) in [5.41, 5.74) is 0.941. The standard InChI is InChI=1S/C14H18O3/c1-9-4-3-6-14(2)11(9)13(15)17-12(14)10-5-7-16-8-10/h5,7-9,11-12H,3-4,6H2,1-2H3/t9?,11?,12-,14+/m0/s1. The van der Waals surface area contributed by atoms with E-state index in [9.17, 15) is 4.79 Å². The van der Waals surface area contributed by atoms with Crippen molar-refractivity contribution in [3.8, 4) is 0 Å². The summed E-state index contributed by atoms with van der Waals surface area (Å²) in [6, 6.07) is 1.91. The zero-order chi connectivity index (χ0) is 12.0. The van der Waals surface area contributed by atoms with Gasteiger partial charge in [0.2, 0.25) is 0 Å². The second-order valence-corrected chi connectivity index (χ2v) is 5.73. The number of fused-ring (bicyclic) bond motifs is 1. The minimum atomic E-state index is -0.124. The molecule has 2 heterocycles. The van der Waals surface area contributed by atoms with Crippen LogP contribution in [0.2, 0.25) is 0 Å². The second-order valence-electron chi connectivity index (χ2n) is 5.73. The van der Waals surface area contributed by atoms with Gasteiger partial charge in [0, 0.05) is 11.0 Å². The number of ether oxygens (including phenoxy) is 1. The minimum absolute atomic E-state index is 0.0223. The Morgan fingerprint density at radius 2 is 2.29 bits per heavy atom. The molecule has 92 valence electrons. The third kappa shape index (κ3) is 1.44. The summed E-state index contributed by atoms with van der Waals surface area (Å²) in [5, 5.41) is 0. The Kier molecular flexibility index (Phi) is 2.32. The van der Waals surface area contributed by atoms with E-state index in [1.54, 1.807) is 12.5 Å². The van der Waals surface area contributed by atoms with E-state index in [1.807, 2.05) is 6.07 Å². The topological polar surface area (TPSA) is 39.4 Å². The van der Waals surface area contributed by atoms with E-state index in [2.05, 4.69) is 13.8 Å². The molecule has 0 amide bonds. The van der Waals surface area contributed by atoms with Crippen molar-refractivity contribution in [2.24, 2.45) is 17.3 Å². The quantitative estimate of drug-likeness (QED) is 0.700. The molecule has 0 aromatic carbocycles. The maximum atomic E-state index is 12.1. The van der Waals surface area contributed by atoms with Crippen molar-refractivity contribution in [2.75, 3.05) is 0 Å². The van der Waals surface area contributed by atoms with Crippen LogP contribution >= 0.6 is 0 Å². The van der Waals surface area contributed by atoms with Crippen molar-refractivity contribution in [1.29, 1.82) is 0 Å². The third-order valence-corrected chi connectivity index (χ3v) is 4.59. The second kappa shape index (κ2) is 3.62. The Bertz CT molecular complexity index is 423. The molecule has 1 aliphatic heterocycles. The van der Waals surface area contributed by atoms with Gasteiger partial charge in [-0.3, -0.25) is 4.79 Å². The number of furan rings is 1. The van der Waals surface area contributed by atoms with Crippen molar-refractivity contribution in [3.63, 3.8) is 0 Å². The Morgan fingerprint density at radius 3 is 3.00 bits per heavy atom. The van der Waals surface area contributed by atoms with E-state index in [0.29, 0.717) is 5.92 Å². The van der Waals surface area contributed by atoms with Gasteiger partial charge in [-0.1, -0.05) is 20.3 Å². The van der Waals surface area contributed by atoms with Crippen LogP contribution < -0.4 is 0 Å². The van der Waals surface area contributed by atoms with Gasteiger partial charge in [-0.05, 0) is 24.8 Å². The normalized spacial score (nSPS) is 41.1. The maximum absolute atomic E-state index is 12.1. The van der Waals surface area contributed by atoms with Gasteiger partial charge in [-0.2, -0.15) is 0 Å². The van der Waals surface area contributed by atoms with Crippen molar-refractivity contribution < 1.29 is 13.9 Å². The van der Waals surface area contributed by atoms with E-state index in [1.165, 1.54) is 6.42 Å². The van der Waals surface area contributed by atoms with Crippen LogP contribution in [0.4, 0.5) is 0 Å². The molecule has 1 aromatic heterocycles. The highest BCUT2D eigenvalue weighted by Crippen LogP contribution is 2.58. The zero-order valence-electron chi connectivity index (χ0n) is 10.3. The van der Waals surface area contributed by atoms with Crippen LogP contribution in [0.25, 0.3) is 0 Å². The molecule has 0 bridgehead atoms. The Morgan fingerprint density at radius 1 is 1.47 bits per heavy atom. The molecule has 0 spiro atoms. The number of esters is 1. The molecule has 3 nitrogen and oxygen atoms in total.